The molecule has 98 valence electrons. The van der Waals surface area contributed by atoms with Crippen LogP contribution in [-0.4, -0.2) is 23.8 Å². The topological polar surface area (TPSA) is 74.2 Å². The van der Waals surface area contributed by atoms with Gasteiger partial charge in [-0.3, -0.25) is 0 Å². The van der Waals surface area contributed by atoms with Crippen LogP contribution in [0, 0.1) is 11.8 Å². The van der Waals surface area contributed by atoms with Crippen LogP contribution in [0.5, 0.6) is 0 Å². The van der Waals surface area contributed by atoms with Gasteiger partial charge in [0.05, 0.1) is 0 Å². The zero-order valence-electron chi connectivity index (χ0n) is 11.3. The average molecular weight is 241 g/mol. The Hall–Kier alpha value is -0.940. The van der Waals surface area contributed by atoms with Crippen molar-refractivity contribution in [2.45, 2.75) is 39.7 Å². The predicted molar refractivity (Wildman–Crippen MR) is 65.5 cm³/mol. The van der Waals surface area contributed by atoms with Gasteiger partial charge in [0.2, 0.25) is 0 Å². The van der Waals surface area contributed by atoms with E-state index in [1.165, 1.54) is 0 Å². The molecule has 1 aromatic heterocycles. The Balaban J connectivity index is 2.92. The third kappa shape index (κ3) is 3.26. The van der Waals surface area contributed by atoms with E-state index >= 15 is 0 Å². The number of rotatable bonds is 6. The second kappa shape index (κ2) is 6.12. The minimum atomic E-state index is -0.309. The fourth-order valence-corrected chi connectivity index (χ4v) is 2.18. The van der Waals surface area contributed by atoms with Gasteiger partial charge >= 0.3 is 0 Å². The Morgan fingerprint density at radius 1 is 1.24 bits per heavy atom. The summed E-state index contributed by atoms with van der Waals surface area (Å²) in [5, 5.41) is 4.05. The van der Waals surface area contributed by atoms with Crippen molar-refractivity contribution >= 4 is 0 Å². The van der Waals surface area contributed by atoms with E-state index in [1.807, 2.05) is 0 Å². The average Bonchev–Trinajstić information content (AvgIpc) is 2.68. The highest BCUT2D eigenvalue weighted by molar-refractivity contribution is 5.00. The SMILES string of the molecule is COC(CN)c1nc(C(C(C)C)C(C)C)no1. The molecule has 0 fully saturated rings. The number of nitrogens with two attached hydrogens (primary N) is 1. The second-order valence-corrected chi connectivity index (χ2v) is 4.96. The van der Waals surface area contributed by atoms with Crippen LogP contribution in [0.25, 0.3) is 0 Å². The summed E-state index contributed by atoms with van der Waals surface area (Å²) >= 11 is 0. The van der Waals surface area contributed by atoms with Gasteiger partial charge in [-0.05, 0) is 11.8 Å². The fourth-order valence-electron chi connectivity index (χ4n) is 2.18. The van der Waals surface area contributed by atoms with Gasteiger partial charge in [-0.15, -0.1) is 0 Å². The quantitative estimate of drug-likeness (QED) is 0.825. The maximum absolute atomic E-state index is 5.57. The van der Waals surface area contributed by atoms with Crippen molar-refractivity contribution in [2.75, 3.05) is 13.7 Å². The lowest BCUT2D eigenvalue weighted by atomic mass is 9.85. The molecule has 1 aromatic rings. The molecule has 0 aliphatic heterocycles. The first-order chi connectivity index (χ1) is 8.01. The number of aromatic nitrogens is 2. The highest BCUT2D eigenvalue weighted by Crippen LogP contribution is 2.30. The van der Waals surface area contributed by atoms with E-state index in [0.717, 1.165) is 5.82 Å². The molecule has 1 rings (SSSR count). The maximum Gasteiger partial charge on any atom is 0.257 e. The van der Waals surface area contributed by atoms with Crippen LogP contribution >= 0.6 is 0 Å². The van der Waals surface area contributed by atoms with Gasteiger partial charge in [-0.25, -0.2) is 0 Å². The lowest BCUT2D eigenvalue weighted by molar-refractivity contribution is 0.0803. The van der Waals surface area contributed by atoms with Crippen molar-refractivity contribution in [3.63, 3.8) is 0 Å². The van der Waals surface area contributed by atoms with Crippen LogP contribution in [0.15, 0.2) is 4.52 Å². The van der Waals surface area contributed by atoms with Crippen LogP contribution in [0.4, 0.5) is 0 Å². The second-order valence-electron chi connectivity index (χ2n) is 4.96. The molecule has 5 heteroatoms. The van der Waals surface area contributed by atoms with Crippen molar-refractivity contribution in [2.24, 2.45) is 17.6 Å². The molecule has 1 unspecified atom stereocenters. The van der Waals surface area contributed by atoms with E-state index in [9.17, 15) is 0 Å². The Labute approximate surface area is 103 Å². The zero-order chi connectivity index (χ0) is 13.0. The number of ether oxygens (including phenoxy) is 1. The summed E-state index contributed by atoms with van der Waals surface area (Å²) < 4.78 is 10.4. The summed E-state index contributed by atoms with van der Waals surface area (Å²) in [4.78, 5) is 4.41. The molecule has 1 atom stereocenters. The van der Waals surface area contributed by atoms with E-state index in [4.69, 9.17) is 15.0 Å². The van der Waals surface area contributed by atoms with Gasteiger partial charge in [-0.1, -0.05) is 32.9 Å². The molecular formula is C12H23N3O2. The Morgan fingerprint density at radius 2 is 1.82 bits per heavy atom. The first-order valence-corrected chi connectivity index (χ1v) is 6.07. The Bertz CT molecular complexity index is 324. The number of methoxy groups -OCH3 is 1. The van der Waals surface area contributed by atoms with Gasteiger partial charge in [0.1, 0.15) is 6.10 Å². The molecule has 17 heavy (non-hydrogen) atoms. The predicted octanol–water partition coefficient (Wildman–Crippen LogP) is 2.11. The third-order valence-electron chi connectivity index (χ3n) is 2.97. The van der Waals surface area contributed by atoms with Crippen molar-refractivity contribution in [1.29, 1.82) is 0 Å². The fraction of sp³-hybridized carbons (Fsp3) is 0.833. The van der Waals surface area contributed by atoms with Crippen molar-refractivity contribution in [3.8, 4) is 0 Å². The van der Waals surface area contributed by atoms with Gasteiger partial charge in [0.25, 0.3) is 5.89 Å². The normalized spacial score (nSPS) is 13.9. The molecule has 0 radical (unpaired) electrons. The molecule has 1 heterocycles. The smallest absolute Gasteiger partial charge is 0.257 e. The summed E-state index contributed by atoms with van der Waals surface area (Å²) in [7, 11) is 1.59. The van der Waals surface area contributed by atoms with E-state index in [-0.39, 0.29) is 6.10 Å². The number of hydrogen-bond donors (Lipinski definition) is 1. The minimum absolute atomic E-state index is 0.294. The molecule has 0 saturated heterocycles. The van der Waals surface area contributed by atoms with Crippen molar-refractivity contribution in [3.05, 3.63) is 11.7 Å². The first kappa shape index (κ1) is 14.1. The standard InChI is InChI=1S/C12H23N3O2/c1-7(2)10(8(3)4)11-14-12(17-15-11)9(6-13)16-5/h7-10H,6,13H2,1-5H3. The van der Waals surface area contributed by atoms with E-state index < -0.39 is 0 Å². The monoisotopic (exact) mass is 241 g/mol. The van der Waals surface area contributed by atoms with Crippen LogP contribution in [0.3, 0.4) is 0 Å². The van der Waals surface area contributed by atoms with E-state index in [1.54, 1.807) is 7.11 Å². The Kier molecular flexibility index (Phi) is 5.08. The lowest BCUT2D eigenvalue weighted by Gasteiger charge is -2.20. The lowest BCUT2D eigenvalue weighted by Crippen LogP contribution is -2.17. The molecule has 0 aromatic carbocycles. The van der Waals surface area contributed by atoms with Crippen LogP contribution in [0.2, 0.25) is 0 Å². The largest absolute Gasteiger partial charge is 0.370 e. The molecular weight excluding hydrogens is 218 g/mol. The maximum atomic E-state index is 5.57. The van der Waals surface area contributed by atoms with Crippen molar-refractivity contribution < 1.29 is 9.26 Å². The zero-order valence-corrected chi connectivity index (χ0v) is 11.3. The third-order valence-corrected chi connectivity index (χ3v) is 2.97. The van der Waals surface area contributed by atoms with Gasteiger partial charge in [-0.2, -0.15) is 4.98 Å². The molecule has 0 spiro atoms. The molecule has 2 N–H and O–H groups in total. The molecule has 0 aliphatic carbocycles. The number of hydrogen-bond acceptors (Lipinski definition) is 5. The van der Waals surface area contributed by atoms with Gasteiger partial charge in [0, 0.05) is 19.6 Å². The molecule has 0 amide bonds. The minimum Gasteiger partial charge on any atom is -0.370 e. The van der Waals surface area contributed by atoms with Crippen LogP contribution in [0.1, 0.15) is 51.4 Å². The summed E-state index contributed by atoms with van der Waals surface area (Å²) in [5.74, 6) is 2.46. The van der Waals surface area contributed by atoms with E-state index in [0.29, 0.717) is 30.2 Å². The molecule has 0 saturated carbocycles. The van der Waals surface area contributed by atoms with Gasteiger partial charge in [0.15, 0.2) is 5.82 Å². The molecule has 0 aliphatic rings. The summed E-state index contributed by atoms with van der Waals surface area (Å²) in [6.07, 6.45) is -0.309. The first-order valence-electron chi connectivity index (χ1n) is 6.07. The Morgan fingerprint density at radius 3 is 2.24 bits per heavy atom. The highest BCUT2D eigenvalue weighted by atomic mass is 16.5. The summed E-state index contributed by atoms with van der Waals surface area (Å²) in [6.45, 7) is 9.00. The summed E-state index contributed by atoms with van der Waals surface area (Å²) in [5.41, 5.74) is 5.57. The van der Waals surface area contributed by atoms with E-state index in [2.05, 4.69) is 37.8 Å². The van der Waals surface area contributed by atoms with Crippen LogP contribution in [-0.2, 0) is 4.74 Å². The molecule has 0 bridgehead atoms. The van der Waals surface area contributed by atoms with Crippen molar-refractivity contribution in [1.82, 2.24) is 10.1 Å². The number of nitrogens with zero attached hydrogens (tertiary/aromatic N) is 2. The molecule has 5 nitrogen and oxygen atoms in total. The van der Waals surface area contributed by atoms with Gasteiger partial charge < -0.3 is 15.0 Å². The highest BCUT2D eigenvalue weighted by Gasteiger charge is 2.26. The summed E-state index contributed by atoms with van der Waals surface area (Å²) in [6, 6.07) is 0. The van der Waals surface area contributed by atoms with Crippen LogP contribution < -0.4 is 5.73 Å².